The van der Waals surface area contributed by atoms with Gasteiger partial charge in [0.1, 0.15) is 24.2 Å². The fraction of sp³-hybridized carbons (Fsp3) is 0.444. The molecule has 8 nitrogen and oxygen atoms in total. The molecule has 8 heteroatoms. The van der Waals surface area contributed by atoms with Crippen molar-refractivity contribution in [3.8, 4) is 5.75 Å². The number of rotatable bonds is 11. The number of amides is 1. The Morgan fingerprint density at radius 2 is 1.91 bits per heavy atom. The number of unbranched alkanes of at least 4 members (excludes halogenated alkanes) is 1. The van der Waals surface area contributed by atoms with Crippen LogP contribution in [0.15, 0.2) is 53.5 Å². The molecular weight excluding hydrogens is 446 g/mol. The molecular formula is C27H35N3O5. The molecule has 0 bridgehead atoms. The van der Waals surface area contributed by atoms with Crippen LogP contribution in [0.2, 0.25) is 0 Å². The van der Waals surface area contributed by atoms with Gasteiger partial charge >= 0.3 is 12.1 Å². The fourth-order valence-electron chi connectivity index (χ4n) is 3.70. The number of amidine groups is 1. The van der Waals surface area contributed by atoms with Gasteiger partial charge in [0.2, 0.25) is 0 Å². The summed E-state index contributed by atoms with van der Waals surface area (Å²) in [5.74, 6) is 0.611. The largest absolute Gasteiger partial charge is 0.489 e. The Bertz CT molecular complexity index is 991. The third kappa shape index (κ3) is 9.31. The van der Waals surface area contributed by atoms with E-state index in [0.717, 1.165) is 61.3 Å². The van der Waals surface area contributed by atoms with Gasteiger partial charge in [0, 0.05) is 25.1 Å². The topological polar surface area (TPSA) is 109 Å². The molecule has 1 unspecified atom stereocenters. The number of benzene rings is 2. The average molecular weight is 482 g/mol. The van der Waals surface area contributed by atoms with Crippen LogP contribution >= 0.6 is 0 Å². The van der Waals surface area contributed by atoms with Crippen LogP contribution in [0.5, 0.6) is 5.75 Å². The Hall–Kier alpha value is -3.55. The Morgan fingerprint density at radius 3 is 2.69 bits per heavy atom. The summed E-state index contributed by atoms with van der Waals surface area (Å²) in [6.45, 7) is 3.55. The molecule has 2 aromatic carbocycles. The number of hydrogen-bond acceptors (Lipinski definition) is 6. The van der Waals surface area contributed by atoms with Crippen LogP contribution in [0.1, 0.15) is 56.6 Å². The maximum Gasteiger partial charge on any atom is 0.407 e. The zero-order valence-electron chi connectivity index (χ0n) is 20.3. The van der Waals surface area contributed by atoms with E-state index in [-0.39, 0.29) is 13.0 Å². The molecule has 1 heterocycles. The van der Waals surface area contributed by atoms with Crippen molar-refractivity contribution in [1.29, 1.82) is 0 Å². The van der Waals surface area contributed by atoms with Crippen molar-refractivity contribution in [3.63, 3.8) is 0 Å². The highest BCUT2D eigenvalue weighted by Gasteiger charge is 2.21. The Kier molecular flexibility index (Phi) is 10.4. The first kappa shape index (κ1) is 26.1. The number of carbonyl (C=O) groups is 2. The van der Waals surface area contributed by atoms with Crippen LogP contribution in [0.4, 0.5) is 10.5 Å². The van der Waals surface area contributed by atoms with Gasteiger partial charge in [0.15, 0.2) is 0 Å². The molecule has 2 aromatic rings. The van der Waals surface area contributed by atoms with E-state index in [1.165, 1.54) is 6.42 Å². The van der Waals surface area contributed by atoms with Crippen molar-refractivity contribution in [2.24, 2.45) is 4.99 Å². The molecule has 1 amide bonds. The van der Waals surface area contributed by atoms with Gasteiger partial charge in [-0.25, -0.2) is 9.59 Å². The molecule has 0 fully saturated rings. The number of nitrogens with one attached hydrogen (secondary N) is 2. The minimum atomic E-state index is -1.11. The molecule has 0 saturated heterocycles. The lowest BCUT2D eigenvalue weighted by Crippen LogP contribution is -2.42. The molecule has 35 heavy (non-hydrogen) atoms. The van der Waals surface area contributed by atoms with Crippen LogP contribution in [0.3, 0.4) is 0 Å². The minimum Gasteiger partial charge on any atom is -0.489 e. The van der Waals surface area contributed by atoms with Crippen molar-refractivity contribution < 1.29 is 24.2 Å². The van der Waals surface area contributed by atoms with Crippen molar-refractivity contribution in [3.05, 3.63) is 59.7 Å². The quantitative estimate of drug-likeness (QED) is 0.382. The van der Waals surface area contributed by atoms with E-state index >= 15 is 0 Å². The van der Waals surface area contributed by atoms with E-state index in [4.69, 9.17) is 9.47 Å². The zero-order valence-corrected chi connectivity index (χ0v) is 20.3. The number of aliphatic imine (C=N–C) groups is 1. The van der Waals surface area contributed by atoms with Crippen molar-refractivity contribution >= 4 is 23.6 Å². The normalized spacial score (nSPS) is 14.3. The first-order valence-electron chi connectivity index (χ1n) is 12.3. The Balaban J connectivity index is 1.50. The van der Waals surface area contributed by atoms with Crippen LogP contribution in [-0.4, -0.2) is 42.2 Å². The first-order valence-corrected chi connectivity index (χ1v) is 12.3. The lowest BCUT2D eigenvalue weighted by molar-refractivity contribution is -0.139. The third-order valence-electron chi connectivity index (χ3n) is 5.68. The van der Waals surface area contributed by atoms with E-state index in [1.54, 1.807) is 24.3 Å². The van der Waals surface area contributed by atoms with Gasteiger partial charge in [-0.3, -0.25) is 4.99 Å². The van der Waals surface area contributed by atoms with Crippen LogP contribution in [-0.2, 0) is 22.6 Å². The van der Waals surface area contributed by atoms with Crippen LogP contribution in [0.25, 0.3) is 0 Å². The lowest BCUT2D eigenvalue weighted by Gasteiger charge is -2.15. The standard InChI is InChI=1S/C27H35N3O5/c1-2-3-16-34-27(33)30-24(26(31)32)18-20-11-13-23(14-12-20)35-19-21-8-7-9-22(17-21)29-25-10-5-4-6-15-28-25/h7-9,11-14,17,24H,2-6,10,15-16,18-19H2,1H3,(H,28,29)(H,30,33)(H,31,32). The summed E-state index contributed by atoms with van der Waals surface area (Å²) in [4.78, 5) is 28.0. The highest BCUT2D eigenvalue weighted by molar-refractivity contribution is 5.95. The molecule has 3 N–H and O–H groups in total. The highest BCUT2D eigenvalue weighted by atomic mass is 16.5. The molecule has 0 aromatic heterocycles. The maximum absolute atomic E-state index is 11.8. The van der Waals surface area contributed by atoms with Crippen LogP contribution < -0.4 is 15.4 Å². The van der Waals surface area contributed by atoms with Gasteiger partial charge in [0.25, 0.3) is 0 Å². The van der Waals surface area contributed by atoms with Crippen molar-refractivity contribution in [2.45, 2.75) is 64.5 Å². The molecule has 3 rings (SSSR count). The molecule has 1 aliphatic heterocycles. The number of carbonyl (C=O) groups excluding carboxylic acids is 1. The summed E-state index contributed by atoms with van der Waals surface area (Å²) < 4.78 is 10.9. The second kappa shape index (κ2) is 14.0. The third-order valence-corrected chi connectivity index (χ3v) is 5.68. The molecule has 0 saturated carbocycles. The summed E-state index contributed by atoms with van der Waals surface area (Å²) in [6.07, 6.45) is 5.58. The van der Waals surface area contributed by atoms with Gasteiger partial charge in [-0.2, -0.15) is 0 Å². The molecule has 1 aliphatic rings. The molecule has 1 atom stereocenters. The minimum absolute atomic E-state index is 0.149. The average Bonchev–Trinajstić information content (AvgIpc) is 3.12. The molecule has 0 radical (unpaired) electrons. The second-order valence-corrected chi connectivity index (χ2v) is 8.63. The number of anilines is 1. The number of alkyl carbamates (subject to hydrolysis) is 1. The predicted molar refractivity (Wildman–Crippen MR) is 136 cm³/mol. The number of carboxylic acid groups (broad SMARTS) is 1. The summed E-state index contributed by atoms with van der Waals surface area (Å²) in [7, 11) is 0. The van der Waals surface area contributed by atoms with Crippen LogP contribution in [0, 0.1) is 0 Å². The summed E-state index contributed by atoms with van der Waals surface area (Å²) >= 11 is 0. The molecule has 0 spiro atoms. The number of aliphatic carboxylic acids is 1. The molecule has 188 valence electrons. The maximum atomic E-state index is 11.8. The molecule has 0 aliphatic carbocycles. The predicted octanol–water partition coefficient (Wildman–Crippen LogP) is 5.17. The number of carboxylic acids is 1. The van der Waals surface area contributed by atoms with Gasteiger partial charge in [0.05, 0.1) is 6.61 Å². The highest BCUT2D eigenvalue weighted by Crippen LogP contribution is 2.18. The van der Waals surface area contributed by atoms with Gasteiger partial charge in [-0.15, -0.1) is 0 Å². The number of nitrogens with zero attached hydrogens (tertiary/aromatic N) is 1. The Labute approximate surface area is 206 Å². The van der Waals surface area contributed by atoms with E-state index in [2.05, 4.69) is 21.7 Å². The monoisotopic (exact) mass is 481 g/mol. The lowest BCUT2D eigenvalue weighted by atomic mass is 10.1. The van der Waals surface area contributed by atoms with Crippen molar-refractivity contribution in [2.75, 3.05) is 18.5 Å². The van der Waals surface area contributed by atoms with E-state index in [1.807, 2.05) is 25.1 Å². The smallest absolute Gasteiger partial charge is 0.407 e. The Morgan fingerprint density at radius 1 is 1.09 bits per heavy atom. The zero-order chi connectivity index (χ0) is 24.9. The first-order chi connectivity index (χ1) is 17.0. The van der Waals surface area contributed by atoms with E-state index < -0.39 is 18.1 Å². The summed E-state index contributed by atoms with van der Waals surface area (Å²) in [6, 6.07) is 14.2. The van der Waals surface area contributed by atoms with Gasteiger partial charge in [-0.1, -0.05) is 44.0 Å². The van der Waals surface area contributed by atoms with Gasteiger partial charge in [-0.05, 0) is 54.7 Å². The number of ether oxygens (including phenoxy) is 2. The summed E-state index contributed by atoms with van der Waals surface area (Å²) in [5, 5.41) is 15.3. The number of hydrogen-bond donors (Lipinski definition) is 3. The van der Waals surface area contributed by atoms with E-state index in [9.17, 15) is 14.7 Å². The van der Waals surface area contributed by atoms with E-state index in [0.29, 0.717) is 12.4 Å². The SMILES string of the molecule is CCCCOC(=O)NC(Cc1ccc(OCc2cccc(NC3=NCCCCC3)c2)cc1)C(=O)O. The second-order valence-electron chi connectivity index (χ2n) is 8.63. The summed E-state index contributed by atoms with van der Waals surface area (Å²) in [5.41, 5.74) is 2.81. The van der Waals surface area contributed by atoms with Gasteiger partial charge < -0.3 is 25.2 Å². The fourth-order valence-corrected chi connectivity index (χ4v) is 3.70. The van der Waals surface area contributed by atoms with Crippen molar-refractivity contribution in [1.82, 2.24) is 5.32 Å².